The molecule has 116 valence electrons. The Labute approximate surface area is 139 Å². The number of carbonyl (C=O) groups excluding carboxylic acids is 1. The van der Waals surface area contributed by atoms with E-state index in [9.17, 15) is 4.79 Å². The minimum Gasteiger partial charge on any atom is -0.332 e. The van der Waals surface area contributed by atoms with E-state index in [1.54, 1.807) is 12.3 Å². The van der Waals surface area contributed by atoms with Gasteiger partial charge in [-0.2, -0.15) is 0 Å². The van der Waals surface area contributed by atoms with Crippen molar-refractivity contribution in [1.82, 2.24) is 4.98 Å². The average molecular weight is 323 g/mol. The van der Waals surface area contributed by atoms with Gasteiger partial charge in [0.2, 0.25) is 0 Å². The van der Waals surface area contributed by atoms with Crippen molar-refractivity contribution in [3.05, 3.63) is 70.7 Å². The predicted octanol–water partition coefficient (Wildman–Crippen LogP) is 4.76. The number of aromatic nitrogens is 1. The van der Waals surface area contributed by atoms with Gasteiger partial charge < -0.3 is 10.6 Å². The monoisotopic (exact) mass is 323 g/mol. The smallest absolute Gasteiger partial charge is 0.255 e. The van der Waals surface area contributed by atoms with Crippen LogP contribution in [0.4, 0.5) is 16.5 Å². The number of thiazole rings is 1. The predicted molar refractivity (Wildman–Crippen MR) is 95.7 cm³/mol. The third-order valence-electron chi connectivity index (χ3n) is 3.29. The highest BCUT2D eigenvalue weighted by molar-refractivity contribution is 7.13. The van der Waals surface area contributed by atoms with Gasteiger partial charge in [-0.1, -0.05) is 12.1 Å². The first-order valence-electron chi connectivity index (χ1n) is 7.26. The van der Waals surface area contributed by atoms with E-state index in [0.717, 1.165) is 27.6 Å². The minimum atomic E-state index is -0.127. The van der Waals surface area contributed by atoms with Gasteiger partial charge in [-0.3, -0.25) is 4.79 Å². The summed E-state index contributed by atoms with van der Waals surface area (Å²) < 4.78 is 0. The summed E-state index contributed by atoms with van der Waals surface area (Å²) in [5, 5.41) is 8.84. The lowest BCUT2D eigenvalue weighted by Gasteiger charge is -2.09. The summed E-state index contributed by atoms with van der Waals surface area (Å²) in [4.78, 5) is 16.6. The molecule has 0 radical (unpaired) electrons. The average Bonchev–Trinajstić information content (AvgIpc) is 2.99. The van der Waals surface area contributed by atoms with Crippen molar-refractivity contribution in [2.45, 2.75) is 13.8 Å². The molecule has 0 saturated heterocycles. The quantitative estimate of drug-likeness (QED) is 0.728. The maximum atomic E-state index is 12.4. The maximum absolute atomic E-state index is 12.4. The number of hydrogen-bond donors (Lipinski definition) is 2. The van der Waals surface area contributed by atoms with Gasteiger partial charge in [0.15, 0.2) is 5.13 Å². The van der Waals surface area contributed by atoms with E-state index in [0.29, 0.717) is 5.56 Å². The maximum Gasteiger partial charge on any atom is 0.255 e. The molecule has 1 amide bonds. The number of carbonyl (C=O) groups is 1. The first-order chi connectivity index (χ1) is 11.1. The molecule has 3 aromatic rings. The molecule has 0 spiro atoms. The van der Waals surface area contributed by atoms with Crippen LogP contribution in [0.2, 0.25) is 0 Å². The first kappa shape index (κ1) is 15.2. The Kier molecular flexibility index (Phi) is 4.39. The SMILES string of the molecule is Cc1cc(C)cc(NC(=O)c2cccc(Nc3nccs3)c2)c1. The molecular formula is C18H17N3OS. The molecule has 23 heavy (non-hydrogen) atoms. The van der Waals surface area contributed by atoms with Crippen LogP contribution in [0.5, 0.6) is 0 Å². The number of aryl methyl sites for hydroxylation is 2. The highest BCUT2D eigenvalue weighted by atomic mass is 32.1. The normalized spacial score (nSPS) is 10.3. The molecule has 1 heterocycles. The van der Waals surface area contributed by atoms with E-state index < -0.39 is 0 Å². The highest BCUT2D eigenvalue weighted by Gasteiger charge is 2.08. The summed E-state index contributed by atoms with van der Waals surface area (Å²) in [6.07, 6.45) is 1.74. The summed E-state index contributed by atoms with van der Waals surface area (Å²) in [5.74, 6) is -0.127. The van der Waals surface area contributed by atoms with Crippen LogP contribution in [0.15, 0.2) is 54.0 Å². The van der Waals surface area contributed by atoms with Crippen LogP contribution in [-0.2, 0) is 0 Å². The molecule has 0 aliphatic carbocycles. The summed E-state index contributed by atoms with van der Waals surface area (Å²) in [5.41, 5.74) is 4.50. The topological polar surface area (TPSA) is 54.0 Å². The standard InChI is InChI=1S/C18H17N3OS/c1-12-8-13(2)10-16(9-12)20-17(22)14-4-3-5-15(11-14)21-18-19-6-7-23-18/h3-11H,1-2H3,(H,19,21)(H,20,22). The summed E-state index contributed by atoms with van der Waals surface area (Å²) in [6.45, 7) is 4.03. The molecule has 2 aromatic carbocycles. The number of anilines is 3. The lowest BCUT2D eigenvalue weighted by molar-refractivity contribution is 0.102. The van der Waals surface area contributed by atoms with Crippen LogP contribution in [0, 0.1) is 13.8 Å². The van der Waals surface area contributed by atoms with Gasteiger partial charge in [0.25, 0.3) is 5.91 Å². The van der Waals surface area contributed by atoms with Crippen molar-refractivity contribution in [3.8, 4) is 0 Å². The third-order valence-corrected chi connectivity index (χ3v) is 3.98. The van der Waals surface area contributed by atoms with Crippen LogP contribution >= 0.6 is 11.3 Å². The van der Waals surface area contributed by atoms with Crippen LogP contribution in [0.3, 0.4) is 0 Å². The second-order valence-corrected chi connectivity index (χ2v) is 6.27. The van der Waals surface area contributed by atoms with Crippen molar-refractivity contribution >= 4 is 33.8 Å². The zero-order valence-electron chi connectivity index (χ0n) is 13.0. The minimum absolute atomic E-state index is 0.127. The number of nitrogens with one attached hydrogen (secondary N) is 2. The number of hydrogen-bond acceptors (Lipinski definition) is 4. The van der Waals surface area contributed by atoms with Crippen molar-refractivity contribution in [2.75, 3.05) is 10.6 Å². The molecule has 0 fully saturated rings. The fourth-order valence-corrected chi connectivity index (χ4v) is 2.95. The Morgan fingerprint density at radius 1 is 1.04 bits per heavy atom. The highest BCUT2D eigenvalue weighted by Crippen LogP contribution is 2.20. The zero-order chi connectivity index (χ0) is 16.2. The molecule has 0 saturated carbocycles. The molecule has 2 N–H and O–H groups in total. The fraction of sp³-hybridized carbons (Fsp3) is 0.111. The van der Waals surface area contributed by atoms with Gasteiger partial charge in [0, 0.05) is 28.5 Å². The van der Waals surface area contributed by atoms with Gasteiger partial charge in [0.1, 0.15) is 0 Å². The Morgan fingerprint density at radius 2 is 1.83 bits per heavy atom. The third kappa shape index (κ3) is 3.96. The Balaban J connectivity index is 1.76. The van der Waals surface area contributed by atoms with Crippen molar-refractivity contribution in [2.24, 2.45) is 0 Å². The van der Waals surface area contributed by atoms with E-state index in [4.69, 9.17) is 0 Å². The first-order valence-corrected chi connectivity index (χ1v) is 8.14. The van der Waals surface area contributed by atoms with Gasteiger partial charge >= 0.3 is 0 Å². The lowest BCUT2D eigenvalue weighted by atomic mass is 10.1. The molecule has 0 bridgehead atoms. The molecule has 0 aliphatic rings. The van der Waals surface area contributed by atoms with Crippen LogP contribution in [-0.4, -0.2) is 10.9 Å². The second-order valence-electron chi connectivity index (χ2n) is 5.37. The molecule has 0 aliphatic heterocycles. The van der Waals surface area contributed by atoms with Crippen molar-refractivity contribution in [1.29, 1.82) is 0 Å². The van der Waals surface area contributed by atoms with Crippen LogP contribution in [0.25, 0.3) is 0 Å². The Morgan fingerprint density at radius 3 is 2.52 bits per heavy atom. The van der Waals surface area contributed by atoms with Gasteiger partial charge in [0.05, 0.1) is 0 Å². The van der Waals surface area contributed by atoms with Crippen LogP contribution in [0.1, 0.15) is 21.5 Å². The van der Waals surface area contributed by atoms with E-state index in [-0.39, 0.29) is 5.91 Å². The van der Waals surface area contributed by atoms with E-state index in [2.05, 4.69) is 21.7 Å². The van der Waals surface area contributed by atoms with E-state index in [1.165, 1.54) is 11.3 Å². The Bertz CT molecular complexity index is 808. The van der Waals surface area contributed by atoms with E-state index in [1.807, 2.05) is 49.6 Å². The number of amides is 1. The van der Waals surface area contributed by atoms with Gasteiger partial charge in [-0.25, -0.2) is 4.98 Å². The number of rotatable bonds is 4. The largest absolute Gasteiger partial charge is 0.332 e. The van der Waals surface area contributed by atoms with Crippen molar-refractivity contribution < 1.29 is 4.79 Å². The number of nitrogens with zero attached hydrogens (tertiary/aromatic N) is 1. The zero-order valence-corrected chi connectivity index (χ0v) is 13.8. The molecule has 3 rings (SSSR count). The molecule has 4 nitrogen and oxygen atoms in total. The number of benzene rings is 2. The molecule has 0 unspecified atom stereocenters. The Hall–Kier alpha value is -2.66. The van der Waals surface area contributed by atoms with Gasteiger partial charge in [-0.15, -0.1) is 11.3 Å². The summed E-state index contributed by atoms with van der Waals surface area (Å²) in [7, 11) is 0. The summed E-state index contributed by atoms with van der Waals surface area (Å²) >= 11 is 1.52. The molecule has 0 atom stereocenters. The second kappa shape index (κ2) is 6.62. The molecular weight excluding hydrogens is 306 g/mol. The van der Waals surface area contributed by atoms with Gasteiger partial charge in [-0.05, 0) is 55.3 Å². The molecule has 5 heteroatoms. The summed E-state index contributed by atoms with van der Waals surface area (Å²) in [6, 6.07) is 13.4. The fourth-order valence-electron chi connectivity index (χ4n) is 2.40. The molecule has 1 aromatic heterocycles. The van der Waals surface area contributed by atoms with Crippen molar-refractivity contribution in [3.63, 3.8) is 0 Å². The lowest BCUT2D eigenvalue weighted by Crippen LogP contribution is -2.12. The van der Waals surface area contributed by atoms with E-state index >= 15 is 0 Å². The van der Waals surface area contributed by atoms with Crippen LogP contribution < -0.4 is 10.6 Å².